The molecular weight excluding hydrogens is 184 g/mol. The zero-order valence-corrected chi connectivity index (χ0v) is 10.5. The smallest absolute Gasteiger partial charge is 0.126 e. The van der Waals surface area contributed by atoms with Crippen molar-refractivity contribution in [2.24, 2.45) is 17.3 Å². The van der Waals surface area contributed by atoms with Crippen LogP contribution in [-0.2, 0) is 4.79 Å². The fraction of sp³-hybridized carbons (Fsp3) is 0.643. The molecule has 1 aliphatic carbocycles. The van der Waals surface area contributed by atoms with Crippen LogP contribution < -0.4 is 0 Å². The summed E-state index contributed by atoms with van der Waals surface area (Å²) in [4.78, 5) is 11.3. The van der Waals surface area contributed by atoms with Crippen molar-refractivity contribution >= 4 is 6.29 Å². The minimum absolute atomic E-state index is 0.212. The van der Waals surface area contributed by atoms with E-state index in [-0.39, 0.29) is 11.3 Å². The molecule has 0 radical (unpaired) electrons. The highest BCUT2D eigenvalue weighted by Crippen LogP contribution is 2.42. The summed E-state index contributed by atoms with van der Waals surface area (Å²) in [6, 6.07) is 0. The molecule has 0 fully saturated rings. The van der Waals surface area contributed by atoms with E-state index in [1.165, 1.54) is 11.1 Å². The minimum Gasteiger partial charge on any atom is -0.303 e. The molecule has 0 aromatic heterocycles. The molecule has 15 heavy (non-hydrogen) atoms. The molecule has 0 amide bonds. The summed E-state index contributed by atoms with van der Waals surface area (Å²) in [5.41, 5.74) is 2.49. The SMILES string of the molecule is CC(C)=C[C@@H]1C=C(C)[C@@H](C)C[C@]1(C)C=O. The lowest BCUT2D eigenvalue weighted by molar-refractivity contribution is -0.117. The van der Waals surface area contributed by atoms with Crippen LogP contribution in [0.2, 0.25) is 0 Å². The summed E-state index contributed by atoms with van der Waals surface area (Å²) in [6.07, 6.45) is 6.57. The van der Waals surface area contributed by atoms with Gasteiger partial charge < -0.3 is 4.79 Å². The number of allylic oxidation sites excluding steroid dienone is 4. The second kappa shape index (κ2) is 4.34. The molecule has 1 rings (SSSR count). The Morgan fingerprint density at radius 1 is 1.53 bits per heavy atom. The molecule has 1 aliphatic rings. The first-order valence-electron chi connectivity index (χ1n) is 5.68. The molecule has 0 unspecified atom stereocenters. The van der Waals surface area contributed by atoms with Gasteiger partial charge in [0.25, 0.3) is 0 Å². The van der Waals surface area contributed by atoms with E-state index in [0.717, 1.165) is 12.7 Å². The maximum absolute atomic E-state index is 11.3. The highest BCUT2D eigenvalue weighted by atomic mass is 16.1. The molecule has 0 bridgehead atoms. The van der Waals surface area contributed by atoms with Crippen LogP contribution in [-0.4, -0.2) is 6.29 Å². The Hall–Kier alpha value is -0.850. The molecule has 0 heterocycles. The average molecular weight is 206 g/mol. The zero-order valence-electron chi connectivity index (χ0n) is 10.5. The Balaban J connectivity index is 3.09. The zero-order chi connectivity index (χ0) is 11.6. The van der Waals surface area contributed by atoms with Crippen LogP contribution in [0.4, 0.5) is 0 Å². The standard InChI is InChI=1S/C14H22O/c1-10(2)6-13-7-11(3)12(4)8-14(13,5)9-15/h6-7,9,12-13H,8H2,1-5H3/t12-,13+,14+/m0/s1. The molecule has 0 saturated heterocycles. The van der Waals surface area contributed by atoms with Gasteiger partial charge in [-0.3, -0.25) is 0 Å². The molecule has 0 aromatic rings. The number of rotatable bonds is 2. The van der Waals surface area contributed by atoms with E-state index in [1.54, 1.807) is 0 Å². The monoisotopic (exact) mass is 206 g/mol. The molecule has 0 N–H and O–H groups in total. The highest BCUT2D eigenvalue weighted by Gasteiger charge is 2.36. The molecule has 0 aromatic carbocycles. The first-order valence-corrected chi connectivity index (χ1v) is 5.68. The maximum atomic E-state index is 11.3. The van der Waals surface area contributed by atoms with Crippen molar-refractivity contribution < 1.29 is 4.79 Å². The van der Waals surface area contributed by atoms with E-state index in [4.69, 9.17) is 0 Å². The van der Waals surface area contributed by atoms with Crippen LogP contribution in [0, 0.1) is 17.3 Å². The number of carbonyl (C=O) groups excluding carboxylic acids is 1. The summed E-state index contributed by atoms with van der Waals surface area (Å²) in [6.45, 7) is 10.6. The number of aldehydes is 1. The lowest BCUT2D eigenvalue weighted by atomic mass is 9.66. The van der Waals surface area contributed by atoms with E-state index < -0.39 is 0 Å². The lowest BCUT2D eigenvalue weighted by Gasteiger charge is -2.37. The van der Waals surface area contributed by atoms with Gasteiger partial charge in [0.1, 0.15) is 6.29 Å². The highest BCUT2D eigenvalue weighted by molar-refractivity contribution is 5.61. The third-order valence-corrected chi connectivity index (χ3v) is 3.51. The van der Waals surface area contributed by atoms with E-state index in [0.29, 0.717) is 5.92 Å². The molecule has 3 atom stereocenters. The molecule has 0 aliphatic heterocycles. The van der Waals surface area contributed by atoms with Crippen molar-refractivity contribution in [3.05, 3.63) is 23.3 Å². The first kappa shape index (κ1) is 12.2. The van der Waals surface area contributed by atoms with Crippen LogP contribution >= 0.6 is 0 Å². The van der Waals surface area contributed by atoms with Gasteiger partial charge in [0.05, 0.1) is 0 Å². The lowest BCUT2D eigenvalue weighted by Crippen LogP contribution is -2.33. The molecule has 1 nitrogen and oxygen atoms in total. The number of hydrogen-bond donors (Lipinski definition) is 0. The van der Waals surface area contributed by atoms with Crippen molar-refractivity contribution in [2.45, 2.75) is 41.0 Å². The molecule has 1 heteroatoms. The Morgan fingerprint density at radius 3 is 2.60 bits per heavy atom. The largest absolute Gasteiger partial charge is 0.303 e. The van der Waals surface area contributed by atoms with Gasteiger partial charge in [-0.25, -0.2) is 0 Å². The van der Waals surface area contributed by atoms with Crippen molar-refractivity contribution in [3.8, 4) is 0 Å². The van der Waals surface area contributed by atoms with Crippen LogP contribution in [0.5, 0.6) is 0 Å². The quantitative estimate of drug-likeness (QED) is 0.496. The van der Waals surface area contributed by atoms with E-state index in [9.17, 15) is 4.79 Å². The molecule has 0 saturated carbocycles. The fourth-order valence-corrected chi connectivity index (χ4v) is 2.32. The molecule has 0 spiro atoms. The third kappa shape index (κ3) is 2.58. The van der Waals surface area contributed by atoms with Gasteiger partial charge in [-0.05, 0) is 33.1 Å². The second-order valence-corrected chi connectivity index (χ2v) is 5.41. The van der Waals surface area contributed by atoms with Crippen molar-refractivity contribution in [1.82, 2.24) is 0 Å². The van der Waals surface area contributed by atoms with E-state index in [1.807, 2.05) is 0 Å². The number of carbonyl (C=O) groups is 1. The van der Waals surface area contributed by atoms with Crippen LogP contribution in [0.15, 0.2) is 23.3 Å². The Bertz CT molecular complexity index is 307. The summed E-state index contributed by atoms with van der Waals surface area (Å²) in [5.74, 6) is 0.804. The van der Waals surface area contributed by atoms with Crippen LogP contribution in [0.1, 0.15) is 41.0 Å². The number of hydrogen-bond acceptors (Lipinski definition) is 1. The van der Waals surface area contributed by atoms with Gasteiger partial charge in [0, 0.05) is 11.3 Å². The molecule has 84 valence electrons. The Morgan fingerprint density at radius 2 is 2.13 bits per heavy atom. The second-order valence-electron chi connectivity index (χ2n) is 5.41. The third-order valence-electron chi connectivity index (χ3n) is 3.51. The predicted molar refractivity (Wildman–Crippen MR) is 64.6 cm³/mol. The minimum atomic E-state index is -0.212. The van der Waals surface area contributed by atoms with Crippen LogP contribution in [0.3, 0.4) is 0 Å². The predicted octanol–water partition coefficient (Wildman–Crippen LogP) is 3.76. The van der Waals surface area contributed by atoms with Crippen molar-refractivity contribution in [3.63, 3.8) is 0 Å². The van der Waals surface area contributed by atoms with Gasteiger partial charge in [-0.2, -0.15) is 0 Å². The topological polar surface area (TPSA) is 17.1 Å². The van der Waals surface area contributed by atoms with Crippen molar-refractivity contribution in [1.29, 1.82) is 0 Å². The molecular formula is C14H22O. The summed E-state index contributed by atoms with van der Waals surface area (Å²) in [5, 5.41) is 0. The Kier molecular flexibility index (Phi) is 3.54. The summed E-state index contributed by atoms with van der Waals surface area (Å²) < 4.78 is 0. The summed E-state index contributed by atoms with van der Waals surface area (Å²) >= 11 is 0. The van der Waals surface area contributed by atoms with Crippen LogP contribution in [0.25, 0.3) is 0 Å². The van der Waals surface area contributed by atoms with Crippen molar-refractivity contribution in [2.75, 3.05) is 0 Å². The maximum Gasteiger partial charge on any atom is 0.126 e. The van der Waals surface area contributed by atoms with E-state index in [2.05, 4.69) is 46.8 Å². The van der Waals surface area contributed by atoms with Gasteiger partial charge >= 0.3 is 0 Å². The normalized spacial score (nSPS) is 35.7. The van der Waals surface area contributed by atoms with Gasteiger partial charge in [0.2, 0.25) is 0 Å². The van der Waals surface area contributed by atoms with Gasteiger partial charge in [0.15, 0.2) is 0 Å². The Labute approximate surface area is 93.3 Å². The summed E-state index contributed by atoms with van der Waals surface area (Å²) in [7, 11) is 0. The van der Waals surface area contributed by atoms with Gasteiger partial charge in [-0.15, -0.1) is 0 Å². The first-order chi connectivity index (χ1) is 6.89. The average Bonchev–Trinajstić information content (AvgIpc) is 2.13. The fourth-order valence-electron chi connectivity index (χ4n) is 2.32. The van der Waals surface area contributed by atoms with E-state index >= 15 is 0 Å². The van der Waals surface area contributed by atoms with Gasteiger partial charge in [-0.1, -0.05) is 37.1 Å².